The van der Waals surface area contributed by atoms with Gasteiger partial charge in [0.15, 0.2) is 12.0 Å². The largest absolute Gasteiger partial charge is 0.297 e. The van der Waals surface area contributed by atoms with E-state index in [4.69, 9.17) is 0 Å². The molecule has 0 spiro atoms. The van der Waals surface area contributed by atoms with Crippen molar-refractivity contribution < 1.29 is 9.18 Å². The van der Waals surface area contributed by atoms with Crippen molar-refractivity contribution in [3.63, 3.8) is 0 Å². The first kappa shape index (κ1) is 9.04. The van der Waals surface area contributed by atoms with Gasteiger partial charge < -0.3 is 0 Å². The first-order chi connectivity index (χ1) is 5.20. The van der Waals surface area contributed by atoms with Crippen LogP contribution >= 0.6 is 11.8 Å². The van der Waals surface area contributed by atoms with Gasteiger partial charge in [-0.2, -0.15) is 11.8 Å². The Bertz CT molecular complexity index is 143. The number of carbonyl (C=O) groups is 1. The Kier molecular flexibility index (Phi) is 3.37. The SMILES string of the molecule is CC(=O)C(F)CC1CCSC1. The molecule has 0 aromatic heterocycles. The zero-order chi connectivity index (χ0) is 8.27. The van der Waals surface area contributed by atoms with Crippen LogP contribution in [0.4, 0.5) is 4.39 Å². The number of carbonyl (C=O) groups excluding carboxylic acids is 1. The van der Waals surface area contributed by atoms with Gasteiger partial charge in [-0.15, -0.1) is 0 Å². The summed E-state index contributed by atoms with van der Waals surface area (Å²) in [7, 11) is 0. The van der Waals surface area contributed by atoms with Gasteiger partial charge >= 0.3 is 0 Å². The van der Waals surface area contributed by atoms with Crippen LogP contribution in [0.2, 0.25) is 0 Å². The number of rotatable bonds is 3. The fourth-order valence-electron chi connectivity index (χ4n) is 1.23. The summed E-state index contributed by atoms with van der Waals surface area (Å²) in [5, 5.41) is 0. The summed E-state index contributed by atoms with van der Waals surface area (Å²) in [4.78, 5) is 10.5. The Morgan fingerprint density at radius 1 is 1.82 bits per heavy atom. The molecule has 0 aromatic carbocycles. The van der Waals surface area contributed by atoms with E-state index in [9.17, 15) is 9.18 Å². The van der Waals surface area contributed by atoms with E-state index in [1.54, 1.807) is 0 Å². The molecule has 1 aliphatic rings. The third kappa shape index (κ3) is 2.81. The lowest BCUT2D eigenvalue weighted by Crippen LogP contribution is -2.16. The minimum atomic E-state index is -1.21. The Hall–Kier alpha value is -0.0500. The van der Waals surface area contributed by atoms with Gasteiger partial charge in [0, 0.05) is 0 Å². The number of hydrogen-bond donors (Lipinski definition) is 0. The highest BCUT2D eigenvalue weighted by Crippen LogP contribution is 2.27. The van der Waals surface area contributed by atoms with Crippen LogP contribution in [0, 0.1) is 5.92 Å². The normalized spacial score (nSPS) is 26.9. The Morgan fingerprint density at radius 2 is 2.55 bits per heavy atom. The van der Waals surface area contributed by atoms with Crippen molar-refractivity contribution in [3.8, 4) is 0 Å². The van der Waals surface area contributed by atoms with E-state index < -0.39 is 6.17 Å². The summed E-state index contributed by atoms with van der Waals surface area (Å²) in [6, 6.07) is 0. The standard InChI is InChI=1S/C8H13FOS/c1-6(10)8(9)4-7-2-3-11-5-7/h7-8H,2-5H2,1H3. The summed E-state index contributed by atoms with van der Waals surface area (Å²) < 4.78 is 12.8. The van der Waals surface area contributed by atoms with Crippen LogP contribution in [-0.4, -0.2) is 23.5 Å². The minimum Gasteiger partial charge on any atom is -0.297 e. The maximum atomic E-state index is 12.8. The van der Waals surface area contributed by atoms with Crippen molar-refractivity contribution in [1.82, 2.24) is 0 Å². The minimum absolute atomic E-state index is 0.318. The predicted octanol–water partition coefficient (Wildman–Crippen LogP) is 2.06. The monoisotopic (exact) mass is 176 g/mol. The van der Waals surface area contributed by atoms with Crippen LogP contribution in [0.25, 0.3) is 0 Å². The molecule has 0 N–H and O–H groups in total. The molecule has 11 heavy (non-hydrogen) atoms. The van der Waals surface area contributed by atoms with Crippen molar-refractivity contribution in [2.75, 3.05) is 11.5 Å². The highest BCUT2D eigenvalue weighted by Gasteiger charge is 2.22. The quantitative estimate of drug-likeness (QED) is 0.654. The van der Waals surface area contributed by atoms with Crippen molar-refractivity contribution >= 4 is 17.5 Å². The van der Waals surface area contributed by atoms with Crippen LogP contribution in [0.3, 0.4) is 0 Å². The predicted molar refractivity (Wildman–Crippen MR) is 45.6 cm³/mol. The molecule has 0 aromatic rings. The summed E-state index contributed by atoms with van der Waals surface area (Å²) in [6.45, 7) is 1.33. The topological polar surface area (TPSA) is 17.1 Å². The lowest BCUT2D eigenvalue weighted by molar-refractivity contribution is -0.122. The van der Waals surface area contributed by atoms with E-state index in [0.717, 1.165) is 17.9 Å². The van der Waals surface area contributed by atoms with Crippen LogP contribution in [-0.2, 0) is 4.79 Å². The number of halogens is 1. The zero-order valence-electron chi connectivity index (χ0n) is 6.68. The number of hydrogen-bond acceptors (Lipinski definition) is 2. The third-order valence-electron chi connectivity index (χ3n) is 2.01. The Labute approximate surface area is 70.7 Å². The molecule has 1 heterocycles. The number of Topliss-reactive ketones (excluding diaryl/α,β-unsaturated/α-hetero) is 1. The lowest BCUT2D eigenvalue weighted by atomic mass is 10.0. The molecule has 1 aliphatic heterocycles. The molecule has 1 rings (SSSR count). The molecular formula is C8H13FOS. The number of thioether (sulfide) groups is 1. The zero-order valence-corrected chi connectivity index (χ0v) is 7.49. The molecular weight excluding hydrogens is 163 g/mol. The molecule has 1 nitrogen and oxygen atoms in total. The first-order valence-corrected chi connectivity index (χ1v) is 5.08. The third-order valence-corrected chi connectivity index (χ3v) is 3.24. The maximum absolute atomic E-state index is 12.8. The van der Waals surface area contributed by atoms with E-state index >= 15 is 0 Å². The smallest absolute Gasteiger partial charge is 0.163 e. The molecule has 2 atom stereocenters. The molecule has 0 radical (unpaired) electrons. The van der Waals surface area contributed by atoms with E-state index in [2.05, 4.69) is 0 Å². The lowest BCUT2D eigenvalue weighted by Gasteiger charge is -2.09. The number of ketones is 1. The number of alkyl halides is 1. The van der Waals surface area contributed by atoms with Gasteiger partial charge in [0.2, 0.25) is 0 Å². The van der Waals surface area contributed by atoms with Crippen molar-refractivity contribution in [1.29, 1.82) is 0 Å². The van der Waals surface area contributed by atoms with Gasteiger partial charge in [-0.3, -0.25) is 4.79 Å². The Balaban J connectivity index is 2.23. The molecule has 1 fully saturated rings. The van der Waals surface area contributed by atoms with E-state index in [1.807, 2.05) is 11.8 Å². The van der Waals surface area contributed by atoms with Crippen LogP contribution < -0.4 is 0 Å². The second kappa shape index (κ2) is 4.10. The summed E-state index contributed by atoms with van der Waals surface area (Å²) >= 11 is 1.86. The Morgan fingerprint density at radius 3 is 3.00 bits per heavy atom. The molecule has 0 saturated carbocycles. The van der Waals surface area contributed by atoms with Crippen molar-refractivity contribution in [2.45, 2.75) is 25.9 Å². The average Bonchev–Trinajstić information content (AvgIpc) is 2.39. The van der Waals surface area contributed by atoms with E-state index in [-0.39, 0.29) is 5.78 Å². The van der Waals surface area contributed by atoms with Crippen molar-refractivity contribution in [2.24, 2.45) is 5.92 Å². The maximum Gasteiger partial charge on any atom is 0.163 e. The highest BCUT2D eigenvalue weighted by atomic mass is 32.2. The highest BCUT2D eigenvalue weighted by molar-refractivity contribution is 7.99. The molecule has 64 valence electrons. The van der Waals surface area contributed by atoms with Gasteiger partial charge in [0.1, 0.15) is 0 Å². The fraction of sp³-hybridized carbons (Fsp3) is 0.875. The van der Waals surface area contributed by atoms with Gasteiger partial charge in [-0.05, 0) is 37.2 Å². The molecule has 0 amide bonds. The van der Waals surface area contributed by atoms with Crippen LogP contribution in [0.15, 0.2) is 0 Å². The average molecular weight is 176 g/mol. The molecule has 0 bridgehead atoms. The molecule has 1 saturated heterocycles. The second-order valence-corrected chi connectivity index (χ2v) is 4.19. The summed E-state index contributed by atoms with van der Waals surface area (Å²) in [6.07, 6.45) is 0.319. The summed E-state index contributed by atoms with van der Waals surface area (Å²) in [5.41, 5.74) is 0. The van der Waals surface area contributed by atoms with Gasteiger partial charge in [-0.1, -0.05) is 0 Å². The first-order valence-electron chi connectivity index (χ1n) is 3.92. The molecule has 0 aliphatic carbocycles. The van der Waals surface area contributed by atoms with Gasteiger partial charge in [-0.25, -0.2) is 4.39 Å². The van der Waals surface area contributed by atoms with Crippen LogP contribution in [0.5, 0.6) is 0 Å². The van der Waals surface area contributed by atoms with Crippen LogP contribution in [0.1, 0.15) is 19.8 Å². The van der Waals surface area contributed by atoms with E-state index in [0.29, 0.717) is 12.3 Å². The molecule has 3 heteroatoms. The van der Waals surface area contributed by atoms with Gasteiger partial charge in [0.25, 0.3) is 0 Å². The molecule has 2 unspecified atom stereocenters. The van der Waals surface area contributed by atoms with E-state index in [1.165, 1.54) is 6.92 Å². The van der Waals surface area contributed by atoms with Crippen molar-refractivity contribution in [3.05, 3.63) is 0 Å². The second-order valence-electron chi connectivity index (χ2n) is 3.04. The van der Waals surface area contributed by atoms with Gasteiger partial charge in [0.05, 0.1) is 0 Å². The summed E-state index contributed by atoms with van der Waals surface area (Å²) in [5.74, 6) is 2.30. The fourth-order valence-corrected chi connectivity index (χ4v) is 2.53.